The largest absolute Gasteiger partial charge is 0.444 e. The number of benzene rings is 1. The molecule has 0 unspecified atom stereocenters. The standard InChI is InChI=1S/C17H29BN2O2/c1-17(2,3)22-16(21)19-15-10-9-13(12-14(15)18-4)8-7-11-20(5)6/h9-10,12,18H,7-8,11H2,1-6H3,(H,19,21). The van der Waals surface area contributed by atoms with Gasteiger partial charge in [-0.15, -0.1) is 0 Å². The van der Waals surface area contributed by atoms with Crippen molar-refractivity contribution in [3.8, 4) is 0 Å². The molecule has 4 nitrogen and oxygen atoms in total. The highest BCUT2D eigenvalue weighted by Gasteiger charge is 2.17. The van der Waals surface area contributed by atoms with E-state index in [4.69, 9.17) is 4.74 Å². The number of ether oxygens (including phenoxy) is 1. The van der Waals surface area contributed by atoms with Crippen molar-refractivity contribution in [2.24, 2.45) is 0 Å². The molecule has 0 aliphatic rings. The molecule has 1 aromatic rings. The van der Waals surface area contributed by atoms with E-state index in [1.54, 1.807) is 0 Å². The Balaban J connectivity index is 2.70. The lowest BCUT2D eigenvalue weighted by atomic mass is 9.71. The third-order valence-electron chi connectivity index (χ3n) is 3.26. The van der Waals surface area contributed by atoms with Crippen molar-refractivity contribution in [2.45, 2.75) is 46.0 Å². The van der Waals surface area contributed by atoms with Crippen molar-refractivity contribution in [2.75, 3.05) is 26.0 Å². The highest BCUT2D eigenvalue weighted by Crippen LogP contribution is 2.12. The number of nitrogens with one attached hydrogen (secondary N) is 1. The topological polar surface area (TPSA) is 41.6 Å². The van der Waals surface area contributed by atoms with E-state index in [1.807, 2.05) is 26.8 Å². The molecular formula is C17H29BN2O2. The molecule has 0 fully saturated rings. The Morgan fingerprint density at radius 3 is 2.55 bits per heavy atom. The van der Waals surface area contributed by atoms with Gasteiger partial charge in [0.25, 0.3) is 0 Å². The van der Waals surface area contributed by atoms with Gasteiger partial charge in [0.2, 0.25) is 0 Å². The van der Waals surface area contributed by atoms with E-state index in [0.717, 1.165) is 37.8 Å². The highest BCUT2D eigenvalue weighted by molar-refractivity contribution is 6.54. The Bertz CT molecular complexity index is 496. The Labute approximate surface area is 135 Å². The van der Waals surface area contributed by atoms with Crippen LogP contribution in [0.2, 0.25) is 6.82 Å². The molecule has 1 N–H and O–H groups in total. The minimum atomic E-state index is -0.484. The number of carbonyl (C=O) groups is 1. The van der Waals surface area contributed by atoms with Crippen LogP contribution in [0.25, 0.3) is 0 Å². The first kappa shape index (κ1) is 18.6. The molecule has 1 aromatic carbocycles. The second-order valence-corrected chi connectivity index (χ2v) is 6.88. The summed E-state index contributed by atoms with van der Waals surface area (Å²) in [6.07, 6.45) is 1.79. The molecule has 0 heterocycles. The third kappa shape index (κ3) is 6.99. The maximum atomic E-state index is 11.9. The quantitative estimate of drug-likeness (QED) is 0.822. The molecule has 0 aliphatic heterocycles. The summed E-state index contributed by atoms with van der Waals surface area (Å²) in [5, 5.41) is 2.85. The monoisotopic (exact) mass is 304 g/mol. The maximum Gasteiger partial charge on any atom is 0.412 e. The van der Waals surface area contributed by atoms with Gasteiger partial charge < -0.3 is 9.64 Å². The van der Waals surface area contributed by atoms with Crippen LogP contribution in [-0.4, -0.2) is 44.5 Å². The van der Waals surface area contributed by atoms with Crippen LogP contribution in [0.15, 0.2) is 18.2 Å². The summed E-state index contributed by atoms with van der Waals surface area (Å²) < 4.78 is 5.31. The summed E-state index contributed by atoms with van der Waals surface area (Å²) in [7, 11) is 5.06. The van der Waals surface area contributed by atoms with Gasteiger partial charge in [0.15, 0.2) is 7.28 Å². The molecule has 0 aromatic heterocycles. The van der Waals surface area contributed by atoms with Crippen molar-refractivity contribution in [1.82, 2.24) is 4.90 Å². The Kier molecular flexibility index (Phi) is 6.94. The lowest BCUT2D eigenvalue weighted by Gasteiger charge is -2.20. The predicted octanol–water partition coefficient (Wildman–Crippen LogP) is 2.64. The molecule has 0 aliphatic carbocycles. The number of hydrogen-bond donors (Lipinski definition) is 1. The lowest BCUT2D eigenvalue weighted by Crippen LogP contribution is -2.29. The third-order valence-corrected chi connectivity index (χ3v) is 3.26. The first-order chi connectivity index (χ1) is 10.2. The van der Waals surface area contributed by atoms with Crippen molar-refractivity contribution in [1.29, 1.82) is 0 Å². The summed E-state index contributed by atoms with van der Waals surface area (Å²) in [6.45, 7) is 8.77. The van der Waals surface area contributed by atoms with Crippen LogP contribution in [0.1, 0.15) is 32.8 Å². The number of aryl methyl sites for hydroxylation is 1. The van der Waals surface area contributed by atoms with Crippen molar-refractivity contribution in [3.63, 3.8) is 0 Å². The molecule has 22 heavy (non-hydrogen) atoms. The van der Waals surface area contributed by atoms with Gasteiger partial charge in [-0.05, 0) is 65.9 Å². The van der Waals surface area contributed by atoms with Crippen LogP contribution in [-0.2, 0) is 11.2 Å². The number of amides is 1. The van der Waals surface area contributed by atoms with E-state index in [0.29, 0.717) is 0 Å². The zero-order valence-corrected chi connectivity index (χ0v) is 14.8. The van der Waals surface area contributed by atoms with Crippen molar-refractivity contribution < 1.29 is 9.53 Å². The van der Waals surface area contributed by atoms with Gasteiger partial charge in [0, 0.05) is 5.69 Å². The fourth-order valence-corrected chi connectivity index (χ4v) is 2.23. The van der Waals surface area contributed by atoms with Crippen LogP contribution in [0, 0.1) is 0 Å². The minimum Gasteiger partial charge on any atom is -0.444 e. The van der Waals surface area contributed by atoms with Crippen LogP contribution in [0.5, 0.6) is 0 Å². The maximum absolute atomic E-state index is 11.9. The van der Waals surface area contributed by atoms with Gasteiger partial charge >= 0.3 is 6.09 Å². The van der Waals surface area contributed by atoms with E-state index >= 15 is 0 Å². The van der Waals surface area contributed by atoms with E-state index in [1.165, 1.54) is 5.56 Å². The Hall–Kier alpha value is -1.49. The first-order valence-corrected chi connectivity index (χ1v) is 7.98. The van der Waals surface area contributed by atoms with Crippen LogP contribution < -0.4 is 10.8 Å². The average Bonchev–Trinajstić information content (AvgIpc) is 2.37. The van der Waals surface area contributed by atoms with Crippen LogP contribution >= 0.6 is 0 Å². The molecule has 0 radical (unpaired) electrons. The average molecular weight is 304 g/mol. The summed E-state index contributed by atoms with van der Waals surface area (Å²) in [4.78, 5) is 14.1. The predicted molar refractivity (Wildman–Crippen MR) is 95.8 cm³/mol. The number of rotatable bonds is 6. The summed E-state index contributed by atoms with van der Waals surface area (Å²) in [5.41, 5.74) is 2.82. The summed E-state index contributed by atoms with van der Waals surface area (Å²) in [6, 6.07) is 6.25. The van der Waals surface area contributed by atoms with Gasteiger partial charge in [-0.25, -0.2) is 4.79 Å². The number of anilines is 1. The van der Waals surface area contributed by atoms with Gasteiger partial charge in [-0.1, -0.05) is 24.4 Å². The molecule has 122 valence electrons. The van der Waals surface area contributed by atoms with Crippen LogP contribution in [0.3, 0.4) is 0 Å². The fraction of sp³-hybridized carbons (Fsp3) is 0.588. The lowest BCUT2D eigenvalue weighted by molar-refractivity contribution is 0.0636. The normalized spacial score (nSPS) is 11.4. The molecule has 0 bridgehead atoms. The molecule has 0 saturated heterocycles. The summed E-state index contributed by atoms with van der Waals surface area (Å²) in [5.74, 6) is 0. The molecule has 1 rings (SSSR count). The fourth-order valence-electron chi connectivity index (χ4n) is 2.23. The van der Waals surface area contributed by atoms with Gasteiger partial charge in [-0.3, -0.25) is 5.32 Å². The second kappa shape index (κ2) is 8.23. The van der Waals surface area contributed by atoms with Gasteiger partial charge in [0.1, 0.15) is 5.60 Å². The van der Waals surface area contributed by atoms with Crippen molar-refractivity contribution >= 4 is 24.5 Å². The number of hydrogen-bond acceptors (Lipinski definition) is 3. The number of carbonyl (C=O) groups excluding carboxylic acids is 1. The Morgan fingerprint density at radius 1 is 1.32 bits per heavy atom. The zero-order valence-electron chi connectivity index (χ0n) is 14.8. The summed E-state index contributed by atoms with van der Waals surface area (Å²) >= 11 is 0. The first-order valence-electron chi connectivity index (χ1n) is 7.98. The molecule has 5 heteroatoms. The van der Waals surface area contributed by atoms with E-state index in [9.17, 15) is 4.79 Å². The SMILES string of the molecule is CBc1cc(CCCN(C)C)ccc1NC(=O)OC(C)(C)C. The van der Waals surface area contributed by atoms with Crippen molar-refractivity contribution in [3.05, 3.63) is 23.8 Å². The van der Waals surface area contributed by atoms with Crippen LogP contribution in [0.4, 0.5) is 10.5 Å². The molecule has 0 saturated carbocycles. The Morgan fingerprint density at radius 2 is 2.00 bits per heavy atom. The molecule has 1 amide bonds. The van der Waals surface area contributed by atoms with E-state index < -0.39 is 11.7 Å². The van der Waals surface area contributed by atoms with Gasteiger partial charge in [-0.2, -0.15) is 0 Å². The zero-order chi connectivity index (χ0) is 16.8. The molecular weight excluding hydrogens is 275 g/mol. The molecule has 0 spiro atoms. The highest BCUT2D eigenvalue weighted by atomic mass is 16.6. The van der Waals surface area contributed by atoms with E-state index in [-0.39, 0.29) is 0 Å². The minimum absolute atomic E-state index is 0.400. The van der Waals surface area contributed by atoms with Gasteiger partial charge in [0.05, 0.1) is 0 Å². The van der Waals surface area contributed by atoms with E-state index in [2.05, 4.69) is 43.3 Å². The second-order valence-electron chi connectivity index (χ2n) is 6.88. The smallest absolute Gasteiger partial charge is 0.412 e. The number of nitrogens with zero attached hydrogens (tertiary/aromatic N) is 1. The molecule has 0 atom stereocenters.